The van der Waals surface area contributed by atoms with Gasteiger partial charge in [0.25, 0.3) is 0 Å². The highest BCUT2D eigenvalue weighted by molar-refractivity contribution is 6.09. The predicted octanol–water partition coefficient (Wildman–Crippen LogP) is 4.36. The Hall–Kier alpha value is -2.55. The van der Waals surface area contributed by atoms with Gasteiger partial charge in [-0.1, -0.05) is 0 Å². The van der Waals surface area contributed by atoms with Gasteiger partial charge in [0.1, 0.15) is 0 Å². The molecule has 0 aliphatic carbocycles. The van der Waals surface area contributed by atoms with Gasteiger partial charge in [-0.3, -0.25) is 14.8 Å². The van der Waals surface area contributed by atoms with Crippen LogP contribution in [0.2, 0.25) is 0 Å². The van der Waals surface area contributed by atoms with E-state index in [0.29, 0.717) is 11.1 Å². The van der Waals surface area contributed by atoms with Crippen LogP contribution in [0, 0.1) is 0 Å². The Bertz CT molecular complexity index is 580. The summed E-state index contributed by atoms with van der Waals surface area (Å²) in [6.07, 6.45) is 3.45. The number of hydrogen-bond acceptors (Lipinski definition) is 3. The molecule has 2 aromatic rings. The number of ketones is 1. The second-order valence-electron chi connectivity index (χ2n) is 4.20. The van der Waals surface area contributed by atoms with Gasteiger partial charge in [0.2, 0.25) is 0 Å². The second kappa shape index (κ2) is 6.57. The molecule has 0 aliphatic heterocycles. The van der Waals surface area contributed by atoms with Crippen LogP contribution in [0.15, 0.2) is 58.5 Å². The van der Waals surface area contributed by atoms with Gasteiger partial charge >= 0.3 is 0 Å². The number of aliphatic imine (C=N–C) groups is 2. The molecule has 0 radical (unpaired) electrons. The first kappa shape index (κ1) is 13.9. The van der Waals surface area contributed by atoms with E-state index in [1.807, 2.05) is 38.1 Å². The molecule has 0 saturated heterocycles. The Balaban J connectivity index is 2.21. The minimum atomic E-state index is 0.00376. The smallest absolute Gasteiger partial charge is 0.193 e. The van der Waals surface area contributed by atoms with Crippen molar-refractivity contribution < 1.29 is 4.79 Å². The zero-order valence-corrected chi connectivity index (χ0v) is 11.6. The van der Waals surface area contributed by atoms with Crippen LogP contribution in [0.4, 0.5) is 11.4 Å². The maximum Gasteiger partial charge on any atom is 0.193 e. The van der Waals surface area contributed by atoms with Crippen LogP contribution in [0.5, 0.6) is 0 Å². The lowest BCUT2D eigenvalue weighted by molar-refractivity contribution is 0.103. The highest BCUT2D eigenvalue weighted by Crippen LogP contribution is 2.18. The quantitative estimate of drug-likeness (QED) is 0.597. The van der Waals surface area contributed by atoms with Crippen molar-refractivity contribution in [1.29, 1.82) is 0 Å². The van der Waals surface area contributed by atoms with E-state index in [1.165, 1.54) is 0 Å². The lowest BCUT2D eigenvalue weighted by Gasteiger charge is -2.02. The predicted molar refractivity (Wildman–Crippen MR) is 84.0 cm³/mol. The van der Waals surface area contributed by atoms with Crippen LogP contribution in [-0.2, 0) is 0 Å². The minimum Gasteiger partial charge on any atom is -0.289 e. The molecule has 0 atom stereocenters. The fraction of sp³-hybridized carbons (Fsp3) is 0.118. The first-order valence-electron chi connectivity index (χ1n) is 6.47. The van der Waals surface area contributed by atoms with Crippen molar-refractivity contribution in [3.8, 4) is 0 Å². The van der Waals surface area contributed by atoms with Crippen molar-refractivity contribution >= 4 is 29.6 Å². The maximum atomic E-state index is 12.3. The maximum absolute atomic E-state index is 12.3. The van der Waals surface area contributed by atoms with Crippen molar-refractivity contribution in [1.82, 2.24) is 0 Å². The zero-order valence-electron chi connectivity index (χ0n) is 11.6. The second-order valence-corrected chi connectivity index (χ2v) is 4.20. The van der Waals surface area contributed by atoms with Crippen molar-refractivity contribution in [3.63, 3.8) is 0 Å². The fourth-order valence-corrected chi connectivity index (χ4v) is 1.86. The third-order valence-electron chi connectivity index (χ3n) is 2.82. The molecule has 0 N–H and O–H groups in total. The first-order chi connectivity index (χ1) is 9.74. The normalized spacial score (nSPS) is 11.3. The standard InChI is InChI=1S/C17H16N2O/c1-3-18-15-9-5-13(6-10-15)17(20)14-7-11-16(12-8-14)19-4-2/h3-12H,1-2H3. The monoisotopic (exact) mass is 264 g/mol. The molecule has 0 saturated carbocycles. The highest BCUT2D eigenvalue weighted by atomic mass is 16.1. The SMILES string of the molecule is CC=Nc1ccc(C(=O)c2ccc(N=CC)cc2)cc1. The number of carbonyl (C=O) groups is 1. The van der Waals surface area contributed by atoms with Gasteiger partial charge in [-0.15, -0.1) is 0 Å². The molecule has 3 nitrogen and oxygen atoms in total. The molecule has 100 valence electrons. The third kappa shape index (κ3) is 3.26. The Morgan fingerprint density at radius 1 is 0.750 bits per heavy atom. The van der Waals surface area contributed by atoms with Crippen molar-refractivity contribution in [2.75, 3.05) is 0 Å². The van der Waals surface area contributed by atoms with E-state index in [4.69, 9.17) is 0 Å². The van der Waals surface area contributed by atoms with E-state index in [1.54, 1.807) is 36.7 Å². The Kier molecular flexibility index (Phi) is 4.56. The molecule has 0 bridgehead atoms. The molecule has 0 fully saturated rings. The highest BCUT2D eigenvalue weighted by Gasteiger charge is 2.08. The van der Waals surface area contributed by atoms with Gasteiger partial charge in [0.05, 0.1) is 11.4 Å². The number of carbonyl (C=O) groups excluding carboxylic acids is 1. The van der Waals surface area contributed by atoms with Crippen LogP contribution < -0.4 is 0 Å². The summed E-state index contributed by atoms with van der Waals surface area (Å²) in [5.74, 6) is 0.00376. The molecule has 0 aliphatic rings. The molecule has 0 amide bonds. The number of hydrogen-bond donors (Lipinski definition) is 0. The third-order valence-corrected chi connectivity index (χ3v) is 2.82. The molecular weight excluding hydrogens is 248 g/mol. The largest absolute Gasteiger partial charge is 0.289 e. The van der Waals surface area contributed by atoms with Gasteiger partial charge in [0.15, 0.2) is 5.78 Å². The van der Waals surface area contributed by atoms with E-state index in [0.717, 1.165) is 11.4 Å². The van der Waals surface area contributed by atoms with Crippen molar-refractivity contribution in [3.05, 3.63) is 59.7 Å². The summed E-state index contributed by atoms with van der Waals surface area (Å²) < 4.78 is 0. The minimum absolute atomic E-state index is 0.00376. The molecule has 20 heavy (non-hydrogen) atoms. The molecular formula is C17H16N2O. The zero-order chi connectivity index (χ0) is 14.4. The number of nitrogens with zero attached hydrogens (tertiary/aromatic N) is 2. The van der Waals surface area contributed by atoms with E-state index >= 15 is 0 Å². The van der Waals surface area contributed by atoms with E-state index in [-0.39, 0.29) is 5.78 Å². The Morgan fingerprint density at radius 2 is 1.10 bits per heavy atom. The molecule has 0 unspecified atom stereocenters. The van der Waals surface area contributed by atoms with Gasteiger partial charge < -0.3 is 0 Å². The number of rotatable bonds is 4. The summed E-state index contributed by atoms with van der Waals surface area (Å²) in [5.41, 5.74) is 3.01. The Morgan fingerprint density at radius 3 is 1.40 bits per heavy atom. The molecule has 0 heterocycles. The average Bonchev–Trinajstić information content (AvgIpc) is 2.49. The fourth-order valence-electron chi connectivity index (χ4n) is 1.86. The molecule has 2 aromatic carbocycles. The summed E-state index contributed by atoms with van der Waals surface area (Å²) in [6, 6.07) is 14.5. The van der Waals surface area contributed by atoms with Crippen LogP contribution in [-0.4, -0.2) is 18.2 Å². The summed E-state index contributed by atoms with van der Waals surface area (Å²) in [4.78, 5) is 20.6. The van der Waals surface area contributed by atoms with Crippen LogP contribution in [0.3, 0.4) is 0 Å². The summed E-state index contributed by atoms with van der Waals surface area (Å²) in [7, 11) is 0. The van der Waals surface area contributed by atoms with E-state index in [9.17, 15) is 4.79 Å². The first-order valence-corrected chi connectivity index (χ1v) is 6.47. The van der Waals surface area contributed by atoms with Crippen molar-refractivity contribution in [2.45, 2.75) is 13.8 Å². The van der Waals surface area contributed by atoms with E-state index in [2.05, 4.69) is 9.98 Å². The number of benzene rings is 2. The van der Waals surface area contributed by atoms with Gasteiger partial charge in [-0.2, -0.15) is 0 Å². The lowest BCUT2D eigenvalue weighted by Crippen LogP contribution is -2.00. The van der Waals surface area contributed by atoms with Crippen LogP contribution in [0.25, 0.3) is 0 Å². The summed E-state index contributed by atoms with van der Waals surface area (Å²) >= 11 is 0. The van der Waals surface area contributed by atoms with Crippen LogP contribution >= 0.6 is 0 Å². The van der Waals surface area contributed by atoms with Gasteiger partial charge in [0, 0.05) is 23.6 Å². The lowest BCUT2D eigenvalue weighted by atomic mass is 10.0. The molecule has 3 heteroatoms. The van der Waals surface area contributed by atoms with Gasteiger partial charge in [-0.05, 0) is 62.4 Å². The summed E-state index contributed by atoms with van der Waals surface area (Å²) in [6.45, 7) is 3.72. The molecule has 2 rings (SSSR count). The molecule has 0 aromatic heterocycles. The van der Waals surface area contributed by atoms with Crippen molar-refractivity contribution in [2.24, 2.45) is 9.98 Å². The van der Waals surface area contributed by atoms with Gasteiger partial charge in [-0.25, -0.2) is 0 Å². The van der Waals surface area contributed by atoms with E-state index < -0.39 is 0 Å². The Labute approximate surface area is 118 Å². The average molecular weight is 264 g/mol. The topological polar surface area (TPSA) is 41.8 Å². The molecule has 0 spiro atoms. The summed E-state index contributed by atoms with van der Waals surface area (Å²) in [5, 5.41) is 0. The van der Waals surface area contributed by atoms with Crippen LogP contribution in [0.1, 0.15) is 29.8 Å².